The molecule has 1 aliphatic rings. The van der Waals surface area contributed by atoms with Crippen LogP contribution in [0.25, 0.3) is 0 Å². The highest BCUT2D eigenvalue weighted by Crippen LogP contribution is 2.28. The average Bonchev–Trinajstić information content (AvgIpc) is 2.34. The Bertz CT molecular complexity index is 60.4. The van der Waals surface area contributed by atoms with Gasteiger partial charge in [-0.25, -0.2) is 0 Å². The van der Waals surface area contributed by atoms with E-state index >= 15 is 0 Å². The molecule has 0 aromatic rings. The maximum absolute atomic E-state index is 2.29. The summed E-state index contributed by atoms with van der Waals surface area (Å²) in [6, 6.07) is 0. The quantitative estimate of drug-likeness (QED) is 0.561. The number of hydrogen-bond acceptors (Lipinski definition) is 0. The maximum atomic E-state index is 2.29. The van der Waals surface area contributed by atoms with Crippen LogP contribution >= 0.6 is 0 Å². The zero-order valence-corrected chi connectivity index (χ0v) is 6.53. The summed E-state index contributed by atoms with van der Waals surface area (Å²) in [5.41, 5.74) is 0. The topological polar surface area (TPSA) is 0 Å². The third kappa shape index (κ3) is 5.29. The molecule has 0 bridgehead atoms. The van der Waals surface area contributed by atoms with Gasteiger partial charge in [-0.3, -0.25) is 0 Å². The van der Waals surface area contributed by atoms with Crippen LogP contribution in [0.5, 0.6) is 0 Å². The molecule has 0 unspecified atom stereocenters. The summed E-state index contributed by atoms with van der Waals surface area (Å²) in [4.78, 5) is 0. The Hall–Kier alpha value is 0. The Labute approximate surface area is 73.4 Å². The smallest absolute Gasteiger partial charge is 0.0414 e. The van der Waals surface area contributed by atoms with Gasteiger partial charge in [-0.1, -0.05) is 66.7 Å². The Kier molecular flexibility index (Phi) is 10.0. The molecule has 1 rings (SSSR count). The number of hydrogen-bond donors (Lipinski definition) is 0. The molecule has 1 aliphatic carbocycles. The molecule has 1 saturated carbocycles. The molecule has 0 N–H and O–H groups in total. The molecule has 11 heavy (non-hydrogen) atoms. The van der Waals surface area contributed by atoms with E-state index in [-0.39, 0.29) is 14.9 Å². The van der Waals surface area contributed by atoms with E-state index in [0.29, 0.717) is 0 Å². The molecule has 1 fully saturated rings. The highest BCUT2D eigenvalue weighted by atomic mass is 14.2. The molecule has 0 aliphatic heterocycles. The second-order valence-electron chi connectivity index (χ2n) is 3.29. The van der Waals surface area contributed by atoms with E-state index < -0.39 is 0 Å². The minimum absolute atomic E-state index is 0. The standard InChI is InChI=1S/C9H18.2CH4/c1-2-3-6-9-7-4-5-8-9;;/h9H,2-8H2,1H3;2*1H4. The SMILES string of the molecule is C.C.CCCCC1CCCC1. The Morgan fingerprint density at radius 1 is 1.09 bits per heavy atom. The normalized spacial score (nSPS) is 17.2. The van der Waals surface area contributed by atoms with Crippen molar-refractivity contribution in [2.45, 2.75) is 66.7 Å². The second kappa shape index (κ2) is 8.10. The van der Waals surface area contributed by atoms with Gasteiger partial charge in [0.1, 0.15) is 0 Å². The van der Waals surface area contributed by atoms with Crippen LogP contribution in [0.15, 0.2) is 0 Å². The van der Waals surface area contributed by atoms with E-state index in [9.17, 15) is 0 Å². The zero-order chi connectivity index (χ0) is 6.53. The monoisotopic (exact) mass is 158 g/mol. The Morgan fingerprint density at radius 2 is 1.64 bits per heavy atom. The first-order chi connectivity index (χ1) is 4.43. The Balaban J connectivity index is 0. The predicted molar refractivity (Wildman–Crippen MR) is 54.9 cm³/mol. The van der Waals surface area contributed by atoms with Gasteiger partial charge >= 0.3 is 0 Å². The summed E-state index contributed by atoms with van der Waals surface area (Å²) in [6.07, 6.45) is 10.4. The van der Waals surface area contributed by atoms with Gasteiger partial charge in [0.2, 0.25) is 0 Å². The van der Waals surface area contributed by atoms with Crippen molar-refractivity contribution in [2.75, 3.05) is 0 Å². The van der Waals surface area contributed by atoms with Gasteiger partial charge in [0.25, 0.3) is 0 Å². The molecule has 0 spiro atoms. The maximum Gasteiger partial charge on any atom is -0.0414 e. The molecule has 0 aromatic carbocycles. The minimum Gasteiger partial charge on any atom is -0.0776 e. The van der Waals surface area contributed by atoms with Crippen molar-refractivity contribution in [1.82, 2.24) is 0 Å². The summed E-state index contributed by atoms with van der Waals surface area (Å²) >= 11 is 0. The lowest BCUT2D eigenvalue weighted by Gasteiger charge is -2.05. The van der Waals surface area contributed by atoms with Crippen molar-refractivity contribution in [2.24, 2.45) is 5.92 Å². The van der Waals surface area contributed by atoms with Gasteiger partial charge in [0, 0.05) is 0 Å². The second-order valence-corrected chi connectivity index (χ2v) is 3.29. The first-order valence-electron chi connectivity index (χ1n) is 4.43. The van der Waals surface area contributed by atoms with Gasteiger partial charge < -0.3 is 0 Å². The molecular formula is C11H26. The van der Waals surface area contributed by atoms with Crippen LogP contribution in [0, 0.1) is 5.92 Å². The molecule has 0 radical (unpaired) electrons. The lowest BCUT2D eigenvalue weighted by atomic mass is 10.0. The van der Waals surface area contributed by atoms with Crippen LogP contribution in [0.1, 0.15) is 66.7 Å². The molecule has 0 nitrogen and oxygen atoms in total. The lowest BCUT2D eigenvalue weighted by molar-refractivity contribution is 0.480. The number of unbranched alkanes of at least 4 members (excludes halogenated alkanes) is 1. The van der Waals surface area contributed by atoms with Crippen LogP contribution < -0.4 is 0 Å². The first-order valence-corrected chi connectivity index (χ1v) is 4.43. The van der Waals surface area contributed by atoms with Gasteiger partial charge in [0.05, 0.1) is 0 Å². The van der Waals surface area contributed by atoms with Crippen molar-refractivity contribution in [3.8, 4) is 0 Å². The lowest BCUT2D eigenvalue weighted by Crippen LogP contribution is -1.91. The summed E-state index contributed by atoms with van der Waals surface area (Å²) in [5.74, 6) is 1.12. The first kappa shape index (κ1) is 13.6. The largest absolute Gasteiger partial charge is 0.0776 e. The predicted octanol–water partition coefficient (Wildman–Crippen LogP) is 4.64. The third-order valence-electron chi connectivity index (χ3n) is 2.44. The zero-order valence-electron chi connectivity index (χ0n) is 6.53. The molecule has 0 aromatic heterocycles. The number of rotatable bonds is 3. The van der Waals surface area contributed by atoms with E-state index in [4.69, 9.17) is 0 Å². The van der Waals surface area contributed by atoms with Crippen molar-refractivity contribution in [3.05, 3.63) is 0 Å². The third-order valence-corrected chi connectivity index (χ3v) is 2.44. The van der Waals surface area contributed by atoms with Crippen LogP contribution in [0.2, 0.25) is 0 Å². The van der Waals surface area contributed by atoms with Gasteiger partial charge in [-0.15, -0.1) is 0 Å². The molecule has 70 valence electrons. The fourth-order valence-corrected chi connectivity index (χ4v) is 1.79. The summed E-state index contributed by atoms with van der Waals surface area (Å²) in [6.45, 7) is 2.29. The van der Waals surface area contributed by atoms with Crippen LogP contribution in [0.4, 0.5) is 0 Å². The fourth-order valence-electron chi connectivity index (χ4n) is 1.79. The van der Waals surface area contributed by atoms with E-state index in [0.717, 1.165) is 5.92 Å². The molecule has 0 heteroatoms. The van der Waals surface area contributed by atoms with Crippen LogP contribution in [0.3, 0.4) is 0 Å². The van der Waals surface area contributed by atoms with E-state index in [1.54, 1.807) is 0 Å². The average molecular weight is 158 g/mol. The summed E-state index contributed by atoms with van der Waals surface area (Å²) in [7, 11) is 0. The van der Waals surface area contributed by atoms with E-state index in [2.05, 4.69) is 6.92 Å². The van der Waals surface area contributed by atoms with Crippen LogP contribution in [-0.4, -0.2) is 0 Å². The van der Waals surface area contributed by atoms with Crippen molar-refractivity contribution >= 4 is 0 Å². The molecule has 0 atom stereocenters. The van der Waals surface area contributed by atoms with Gasteiger partial charge in [0.15, 0.2) is 0 Å². The van der Waals surface area contributed by atoms with Crippen molar-refractivity contribution in [1.29, 1.82) is 0 Å². The highest BCUT2D eigenvalue weighted by Gasteiger charge is 2.13. The molecule has 0 saturated heterocycles. The van der Waals surface area contributed by atoms with E-state index in [1.807, 2.05) is 0 Å². The summed E-state index contributed by atoms with van der Waals surface area (Å²) in [5, 5.41) is 0. The van der Waals surface area contributed by atoms with Crippen LogP contribution in [-0.2, 0) is 0 Å². The molecular weight excluding hydrogens is 132 g/mol. The highest BCUT2D eigenvalue weighted by molar-refractivity contribution is 4.66. The fraction of sp³-hybridized carbons (Fsp3) is 1.00. The minimum atomic E-state index is 0. The van der Waals surface area contributed by atoms with Crippen molar-refractivity contribution in [3.63, 3.8) is 0 Å². The van der Waals surface area contributed by atoms with E-state index in [1.165, 1.54) is 44.9 Å². The summed E-state index contributed by atoms with van der Waals surface area (Å²) < 4.78 is 0. The van der Waals surface area contributed by atoms with Gasteiger partial charge in [-0.2, -0.15) is 0 Å². The molecule has 0 amide bonds. The Morgan fingerprint density at radius 3 is 2.09 bits per heavy atom. The van der Waals surface area contributed by atoms with Gasteiger partial charge in [-0.05, 0) is 5.92 Å². The molecule has 0 heterocycles. The van der Waals surface area contributed by atoms with Crippen molar-refractivity contribution < 1.29 is 0 Å².